The average molecular weight is 240 g/mol. The van der Waals surface area contributed by atoms with Crippen molar-refractivity contribution in [2.75, 3.05) is 5.73 Å². The van der Waals surface area contributed by atoms with Crippen LogP contribution in [0.2, 0.25) is 0 Å². The summed E-state index contributed by atoms with van der Waals surface area (Å²) in [5, 5.41) is 4.69. The van der Waals surface area contributed by atoms with Crippen LogP contribution in [0.25, 0.3) is 0 Å². The Kier molecular flexibility index (Phi) is 2.66. The summed E-state index contributed by atoms with van der Waals surface area (Å²) in [5.41, 5.74) is 3.77. The van der Waals surface area contributed by atoms with Crippen molar-refractivity contribution in [1.82, 2.24) is 0 Å². The fourth-order valence-electron chi connectivity index (χ4n) is 0.957. The van der Waals surface area contributed by atoms with Gasteiger partial charge in [-0.2, -0.15) is 13.2 Å². The van der Waals surface area contributed by atoms with Crippen molar-refractivity contribution >= 4 is 15.7 Å². The van der Waals surface area contributed by atoms with Gasteiger partial charge < -0.3 is 5.73 Å². The minimum Gasteiger partial charge on any atom is -0.398 e. The second-order valence-electron chi connectivity index (χ2n) is 2.80. The molecule has 0 spiro atoms. The van der Waals surface area contributed by atoms with E-state index >= 15 is 0 Å². The monoisotopic (exact) mass is 240 g/mol. The van der Waals surface area contributed by atoms with E-state index < -0.39 is 26.7 Å². The zero-order chi connectivity index (χ0) is 11.9. The highest BCUT2D eigenvalue weighted by Gasteiger charge is 2.32. The summed E-state index contributed by atoms with van der Waals surface area (Å²) in [4.78, 5) is -0.725. The molecular weight excluding hydrogens is 233 g/mol. The quantitative estimate of drug-likeness (QED) is 0.716. The number of alkyl halides is 3. The number of primary sulfonamides is 1. The maximum Gasteiger partial charge on any atom is 0.416 e. The van der Waals surface area contributed by atoms with Gasteiger partial charge in [-0.3, -0.25) is 0 Å². The van der Waals surface area contributed by atoms with Crippen LogP contribution in [0.3, 0.4) is 0 Å². The Morgan fingerprint density at radius 3 is 2.13 bits per heavy atom. The fourth-order valence-corrected chi connectivity index (χ4v) is 1.64. The molecule has 0 heterocycles. The Labute approximate surface area is 83.7 Å². The van der Waals surface area contributed by atoms with Gasteiger partial charge in [0.2, 0.25) is 10.0 Å². The van der Waals surface area contributed by atoms with Crippen molar-refractivity contribution in [1.29, 1.82) is 0 Å². The first-order valence-corrected chi connectivity index (χ1v) is 5.16. The summed E-state index contributed by atoms with van der Waals surface area (Å²) >= 11 is 0. The van der Waals surface area contributed by atoms with Crippen LogP contribution in [0, 0.1) is 0 Å². The second-order valence-corrected chi connectivity index (χ2v) is 4.33. The summed E-state index contributed by atoms with van der Waals surface area (Å²) in [6, 6.07) is 1.94. The lowest BCUT2D eigenvalue weighted by Crippen LogP contribution is -2.16. The normalized spacial score (nSPS) is 12.8. The molecule has 0 saturated carbocycles. The van der Waals surface area contributed by atoms with Crippen LogP contribution >= 0.6 is 0 Å². The SMILES string of the molecule is Nc1ccc(C(F)(F)F)cc1S(N)(=O)=O. The molecule has 15 heavy (non-hydrogen) atoms. The van der Waals surface area contributed by atoms with E-state index in [1.165, 1.54) is 0 Å². The van der Waals surface area contributed by atoms with E-state index in [0.29, 0.717) is 12.1 Å². The number of benzene rings is 1. The van der Waals surface area contributed by atoms with Gasteiger partial charge in [0.1, 0.15) is 4.90 Å². The molecule has 1 rings (SSSR count). The van der Waals surface area contributed by atoms with Gasteiger partial charge in [-0.1, -0.05) is 0 Å². The van der Waals surface area contributed by atoms with Gasteiger partial charge in [-0.05, 0) is 18.2 Å². The Bertz CT molecular complexity index is 481. The van der Waals surface area contributed by atoms with Crippen molar-refractivity contribution < 1.29 is 21.6 Å². The Balaban J connectivity index is 3.43. The van der Waals surface area contributed by atoms with E-state index in [0.717, 1.165) is 6.07 Å². The molecule has 0 saturated heterocycles. The lowest BCUT2D eigenvalue weighted by atomic mass is 10.2. The number of hydrogen-bond acceptors (Lipinski definition) is 3. The van der Waals surface area contributed by atoms with E-state index in [1.807, 2.05) is 0 Å². The highest BCUT2D eigenvalue weighted by Crippen LogP contribution is 2.32. The van der Waals surface area contributed by atoms with Gasteiger partial charge in [0.15, 0.2) is 0 Å². The molecule has 0 aliphatic rings. The first-order valence-electron chi connectivity index (χ1n) is 3.62. The zero-order valence-electron chi connectivity index (χ0n) is 7.25. The summed E-state index contributed by atoms with van der Waals surface area (Å²) in [5.74, 6) is 0. The first kappa shape index (κ1) is 11.8. The van der Waals surface area contributed by atoms with E-state index in [1.54, 1.807) is 0 Å². The van der Waals surface area contributed by atoms with Crippen LogP contribution in [0.15, 0.2) is 23.1 Å². The second kappa shape index (κ2) is 3.38. The zero-order valence-corrected chi connectivity index (χ0v) is 8.06. The number of nitrogen functional groups attached to an aromatic ring is 1. The van der Waals surface area contributed by atoms with Crippen molar-refractivity contribution in [2.24, 2.45) is 5.14 Å². The molecule has 4 N–H and O–H groups in total. The van der Waals surface area contributed by atoms with Gasteiger partial charge in [-0.15, -0.1) is 0 Å². The van der Waals surface area contributed by atoms with Crippen molar-refractivity contribution in [3.8, 4) is 0 Å². The molecule has 84 valence electrons. The molecular formula is C7H7F3N2O2S. The molecule has 4 nitrogen and oxygen atoms in total. The highest BCUT2D eigenvalue weighted by atomic mass is 32.2. The Morgan fingerprint density at radius 2 is 1.73 bits per heavy atom. The van der Waals surface area contributed by atoms with Crippen LogP contribution in [0.4, 0.5) is 18.9 Å². The molecule has 1 aromatic rings. The Hall–Kier alpha value is -1.28. The number of halogens is 3. The first-order chi connectivity index (χ1) is 6.62. The molecule has 0 aliphatic carbocycles. The molecule has 0 radical (unpaired) electrons. The molecule has 0 amide bonds. The maximum absolute atomic E-state index is 12.2. The number of rotatable bonds is 1. The van der Waals surface area contributed by atoms with Crippen LogP contribution < -0.4 is 10.9 Å². The molecule has 1 aromatic carbocycles. The third-order valence-corrected chi connectivity index (χ3v) is 2.61. The maximum atomic E-state index is 12.2. The molecule has 0 unspecified atom stereocenters. The predicted octanol–water partition coefficient (Wildman–Crippen LogP) is 0.935. The number of nitrogens with two attached hydrogens (primary N) is 2. The number of hydrogen-bond donors (Lipinski definition) is 2. The summed E-state index contributed by atoms with van der Waals surface area (Å²) in [6.45, 7) is 0. The van der Waals surface area contributed by atoms with E-state index in [-0.39, 0.29) is 5.69 Å². The summed E-state index contributed by atoms with van der Waals surface area (Å²) in [7, 11) is -4.24. The third kappa shape index (κ3) is 2.60. The molecule has 0 aliphatic heterocycles. The van der Waals surface area contributed by atoms with Gasteiger partial charge in [0.05, 0.1) is 11.3 Å². The van der Waals surface area contributed by atoms with Gasteiger partial charge in [-0.25, -0.2) is 13.6 Å². The number of anilines is 1. The predicted molar refractivity (Wildman–Crippen MR) is 47.2 cm³/mol. The fraction of sp³-hybridized carbons (Fsp3) is 0.143. The third-order valence-electron chi connectivity index (χ3n) is 1.65. The topological polar surface area (TPSA) is 86.2 Å². The summed E-state index contributed by atoms with van der Waals surface area (Å²) in [6.07, 6.45) is -4.63. The van der Waals surface area contributed by atoms with Crippen molar-refractivity contribution in [3.05, 3.63) is 23.8 Å². The lowest BCUT2D eigenvalue weighted by Gasteiger charge is -2.09. The van der Waals surface area contributed by atoms with E-state index in [2.05, 4.69) is 0 Å². The van der Waals surface area contributed by atoms with Crippen LogP contribution in [-0.2, 0) is 16.2 Å². The van der Waals surface area contributed by atoms with E-state index in [9.17, 15) is 21.6 Å². The van der Waals surface area contributed by atoms with Gasteiger partial charge >= 0.3 is 6.18 Å². The smallest absolute Gasteiger partial charge is 0.398 e. The molecule has 0 bridgehead atoms. The van der Waals surface area contributed by atoms with E-state index in [4.69, 9.17) is 10.9 Å². The average Bonchev–Trinajstić information content (AvgIpc) is 2.00. The lowest BCUT2D eigenvalue weighted by molar-refractivity contribution is -0.137. The standard InChI is InChI=1S/C7H7F3N2O2S/c8-7(9,10)4-1-2-5(11)6(3-4)15(12,13)14/h1-3H,11H2,(H2,12,13,14). The minimum atomic E-state index is -4.63. The summed E-state index contributed by atoms with van der Waals surface area (Å²) < 4.78 is 58.4. The molecule has 0 atom stereocenters. The van der Waals surface area contributed by atoms with Crippen molar-refractivity contribution in [2.45, 2.75) is 11.1 Å². The molecule has 0 aromatic heterocycles. The number of sulfonamides is 1. The molecule has 8 heteroatoms. The van der Waals surface area contributed by atoms with Crippen LogP contribution in [0.5, 0.6) is 0 Å². The highest BCUT2D eigenvalue weighted by molar-refractivity contribution is 7.89. The van der Waals surface area contributed by atoms with Gasteiger partial charge in [0, 0.05) is 0 Å². The minimum absolute atomic E-state index is 0.314. The van der Waals surface area contributed by atoms with Gasteiger partial charge in [0.25, 0.3) is 0 Å². The largest absolute Gasteiger partial charge is 0.416 e. The van der Waals surface area contributed by atoms with Crippen LogP contribution in [0.1, 0.15) is 5.56 Å². The van der Waals surface area contributed by atoms with Crippen LogP contribution in [-0.4, -0.2) is 8.42 Å². The Morgan fingerprint density at radius 1 is 1.20 bits per heavy atom. The molecule has 0 fully saturated rings. The van der Waals surface area contributed by atoms with Crippen molar-refractivity contribution in [3.63, 3.8) is 0 Å².